The average molecular weight is 360 g/mol. The maximum absolute atomic E-state index is 12.7. The van der Waals surface area contributed by atoms with Crippen LogP contribution in [0, 0.1) is 0 Å². The molecular formula is C20H28N2O4. The molecule has 2 aliphatic rings. The molecule has 2 aliphatic carbocycles. The second kappa shape index (κ2) is 8.08. The van der Waals surface area contributed by atoms with Crippen molar-refractivity contribution in [2.45, 2.75) is 75.5 Å². The summed E-state index contributed by atoms with van der Waals surface area (Å²) in [5, 5.41) is 12.3. The highest BCUT2D eigenvalue weighted by atomic mass is 16.5. The van der Waals surface area contributed by atoms with Crippen LogP contribution in [0.1, 0.15) is 56.9 Å². The van der Waals surface area contributed by atoms with E-state index in [0.29, 0.717) is 19.3 Å². The van der Waals surface area contributed by atoms with Gasteiger partial charge in [-0.3, -0.25) is 4.79 Å². The Morgan fingerprint density at radius 3 is 2.38 bits per heavy atom. The lowest BCUT2D eigenvalue weighted by Crippen LogP contribution is -2.56. The predicted molar refractivity (Wildman–Crippen MR) is 97.5 cm³/mol. The van der Waals surface area contributed by atoms with E-state index in [-0.39, 0.29) is 17.8 Å². The third-order valence-electron chi connectivity index (χ3n) is 5.50. The van der Waals surface area contributed by atoms with Gasteiger partial charge in [-0.15, -0.1) is 0 Å². The molecule has 0 heterocycles. The Morgan fingerprint density at radius 2 is 1.77 bits per heavy atom. The first-order valence-electron chi connectivity index (χ1n) is 9.54. The van der Waals surface area contributed by atoms with Crippen molar-refractivity contribution in [3.63, 3.8) is 0 Å². The van der Waals surface area contributed by atoms with E-state index >= 15 is 0 Å². The molecule has 0 radical (unpaired) electrons. The fourth-order valence-electron chi connectivity index (χ4n) is 3.85. The van der Waals surface area contributed by atoms with Gasteiger partial charge in [0.25, 0.3) is 0 Å². The lowest BCUT2D eigenvalue weighted by Gasteiger charge is -2.26. The number of nitrogens with two attached hydrogens (primary N) is 1. The lowest BCUT2D eigenvalue weighted by molar-refractivity contribution is -0.153. The molecule has 0 unspecified atom stereocenters. The van der Waals surface area contributed by atoms with Crippen LogP contribution in [0.3, 0.4) is 0 Å². The van der Waals surface area contributed by atoms with E-state index in [0.717, 1.165) is 44.1 Å². The van der Waals surface area contributed by atoms with E-state index in [1.54, 1.807) is 24.3 Å². The van der Waals surface area contributed by atoms with Crippen molar-refractivity contribution in [3.8, 4) is 5.75 Å². The number of carbonyl (C=O) groups excluding carboxylic acids is 2. The van der Waals surface area contributed by atoms with Crippen LogP contribution in [0.2, 0.25) is 0 Å². The van der Waals surface area contributed by atoms with Crippen LogP contribution in [0.25, 0.3) is 0 Å². The Morgan fingerprint density at radius 1 is 1.15 bits per heavy atom. The molecule has 4 N–H and O–H groups in total. The Bertz CT molecular complexity index is 632. The first kappa shape index (κ1) is 18.7. The van der Waals surface area contributed by atoms with Gasteiger partial charge in [0.1, 0.15) is 17.9 Å². The molecule has 6 heteroatoms. The zero-order valence-electron chi connectivity index (χ0n) is 15.1. The summed E-state index contributed by atoms with van der Waals surface area (Å²) in [6.07, 6.45) is 7.30. The van der Waals surface area contributed by atoms with E-state index in [9.17, 15) is 14.7 Å². The number of esters is 1. The van der Waals surface area contributed by atoms with E-state index in [1.165, 1.54) is 0 Å². The SMILES string of the molecule is NC1(C(=O)N[C@@H](Cc2ccc(O)cc2)C(=O)OC2CCCC2)CCCC1. The highest BCUT2D eigenvalue weighted by Gasteiger charge is 2.39. The third-order valence-corrected chi connectivity index (χ3v) is 5.50. The molecule has 0 aromatic heterocycles. The molecule has 0 aliphatic heterocycles. The fraction of sp³-hybridized carbons (Fsp3) is 0.600. The molecule has 3 rings (SSSR count). The van der Waals surface area contributed by atoms with Crippen molar-refractivity contribution < 1.29 is 19.4 Å². The molecule has 1 aromatic carbocycles. The van der Waals surface area contributed by atoms with Crippen molar-refractivity contribution in [3.05, 3.63) is 29.8 Å². The Balaban J connectivity index is 1.70. The van der Waals surface area contributed by atoms with Crippen LogP contribution in [0.4, 0.5) is 0 Å². The zero-order chi connectivity index (χ0) is 18.6. The van der Waals surface area contributed by atoms with E-state index in [4.69, 9.17) is 10.5 Å². The van der Waals surface area contributed by atoms with Gasteiger partial charge >= 0.3 is 5.97 Å². The number of hydrogen-bond acceptors (Lipinski definition) is 5. The zero-order valence-corrected chi connectivity index (χ0v) is 15.1. The van der Waals surface area contributed by atoms with Gasteiger partial charge in [-0.2, -0.15) is 0 Å². The average Bonchev–Trinajstić information content (AvgIpc) is 3.28. The van der Waals surface area contributed by atoms with Crippen molar-refractivity contribution in [1.82, 2.24) is 5.32 Å². The van der Waals surface area contributed by atoms with Crippen LogP contribution >= 0.6 is 0 Å². The molecule has 6 nitrogen and oxygen atoms in total. The minimum absolute atomic E-state index is 0.0555. The fourth-order valence-corrected chi connectivity index (χ4v) is 3.85. The molecule has 2 saturated carbocycles. The van der Waals surface area contributed by atoms with E-state index in [1.807, 2.05) is 0 Å². The van der Waals surface area contributed by atoms with Crippen LogP contribution in [0.15, 0.2) is 24.3 Å². The molecular weight excluding hydrogens is 332 g/mol. The summed E-state index contributed by atoms with van der Waals surface area (Å²) in [4.78, 5) is 25.4. The molecule has 0 spiro atoms. The topological polar surface area (TPSA) is 102 Å². The summed E-state index contributed by atoms with van der Waals surface area (Å²) in [6.45, 7) is 0. The van der Waals surface area contributed by atoms with Gasteiger partial charge < -0.3 is 20.9 Å². The summed E-state index contributed by atoms with van der Waals surface area (Å²) < 4.78 is 5.62. The molecule has 26 heavy (non-hydrogen) atoms. The second-order valence-corrected chi connectivity index (χ2v) is 7.60. The van der Waals surface area contributed by atoms with Gasteiger partial charge in [-0.05, 0) is 56.2 Å². The monoisotopic (exact) mass is 360 g/mol. The van der Waals surface area contributed by atoms with E-state index < -0.39 is 17.6 Å². The van der Waals surface area contributed by atoms with Gasteiger partial charge in [0, 0.05) is 6.42 Å². The molecule has 0 saturated heterocycles. The van der Waals surface area contributed by atoms with Crippen LogP contribution in [-0.2, 0) is 20.7 Å². The molecule has 142 valence electrons. The largest absolute Gasteiger partial charge is 0.508 e. The molecule has 1 amide bonds. The number of benzene rings is 1. The number of nitrogens with one attached hydrogen (secondary N) is 1. The summed E-state index contributed by atoms with van der Waals surface area (Å²) >= 11 is 0. The molecule has 1 aromatic rings. The van der Waals surface area contributed by atoms with Crippen LogP contribution < -0.4 is 11.1 Å². The van der Waals surface area contributed by atoms with Crippen molar-refractivity contribution >= 4 is 11.9 Å². The molecule has 1 atom stereocenters. The molecule has 2 fully saturated rings. The summed E-state index contributed by atoms with van der Waals surface area (Å²) in [5.74, 6) is -0.517. The number of ether oxygens (including phenoxy) is 1. The lowest BCUT2D eigenvalue weighted by atomic mass is 9.96. The predicted octanol–water partition coefficient (Wildman–Crippen LogP) is 2.18. The number of amides is 1. The molecule has 0 bridgehead atoms. The smallest absolute Gasteiger partial charge is 0.329 e. The maximum Gasteiger partial charge on any atom is 0.329 e. The normalized spacial score (nSPS) is 20.7. The van der Waals surface area contributed by atoms with Crippen LogP contribution in [-0.4, -0.2) is 34.7 Å². The summed E-state index contributed by atoms with van der Waals surface area (Å²) in [6, 6.07) is 5.85. The highest BCUT2D eigenvalue weighted by Crippen LogP contribution is 2.28. The van der Waals surface area contributed by atoms with Crippen molar-refractivity contribution in [1.29, 1.82) is 0 Å². The minimum Gasteiger partial charge on any atom is -0.508 e. The first-order chi connectivity index (χ1) is 12.5. The number of phenols is 1. The first-order valence-corrected chi connectivity index (χ1v) is 9.54. The summed E-state index contributed by atoms with van der Waals surface area (Å²) in [5.41, 5.74) is 6.18. The number of rotatable bonds is 6. The number of phenolic OH excluding ortho intramolecular Hbond substituents is 1. The Kier molecular flexibility index (Phi) is 5.81. The number of hydrogen-bond donors (Lipinski definition) is 3. The quantitative estimate of drug-likeness (QED) is 0.675. The number of carbonyl (C=O) groups is 2. The Hall–Kier alpha value is -2.08. The van der Waals surface area contributed by atoms with Gasteiger partial charge in [0.2, 0.25) is 5.91 Å². The number of aromatic hydroxyl groups is 1. The summed E-state index contributed by atoms with van der Waals surface area (Å²) in [7, 11) is 0. The van der Waals surface area contributed by atoms with Crippen LogP contribution in [0.5, 0.6) is 5.75 Å². The van der Waals surface area contributed by atoms with Crippen molar-refractivity contribution in [2.75, 3.05) is 0 Å². The van der Waals surface area contributed by atoms with Gasteiger partial charge in [-0.25, -0.2) is 4.79 Å². The van der Waals surface area contributed by atoms with Gasteiger partial charge in [0.15, 0.2) is 0 Å². The Labute approximate surface area is 154 Å². The van der Waals surface area contributed by atoms with Gasteiger partial charge in [0.05, 0.1) is 5.54 Å². The minimum atomic E-state index is -0.888. The standard InChI is InChI=1S/C20H28N2O4/c21-20(11-3-4-12-20)19(25)22-17(13-14-7-9-15(23)10-8-14)18(24)26-16-5-1-2-6-16/h7-10,16-17,23H,1-6,11-13,21H2,(H,22,25)/t17-/m0/s1. The maximum atomic E-state index is 12.7. The van der Waals surface area contributed by atoms with Crippen molar-refractivity contribution in [2.24, 2.45) is 5.73 Å². The third kappa shape index (κ3) is 4.55. The highest BCUT2D eigenvalue weighted by molar-refractivity contribution is 5.90. The van der Waals surface area contributed by atoms with E-state index in [2.05, 4.69) is 5.32 Å². The second-order valence-electron chi connectivity index (χ2n) is 7.60. The van der Waals surface area contributed by atoms with Gasteiger partial charge in [-0.1, -0.05) is 25.0 Å².